The van der Waals surface area contributed by atoms with Crippen LogP contribution in [0.3, 0.4) is 0 Å². The van der Waals surface area contributed by atoms with E-state index in [1.165, 1.54) is 5.56 Å². The van der Waals surface area contributed by atoms with Gasteiger partial charge in [0.25, 0.3) is 0 Å². The highest BCUT2D eigenvalue weighted by atomic mass is 16.5. The lowest BCUT2D eigenvalue weighted by molar-refractivity contribution is -0.145. The molecule has 1 aliphatic heterocycles. The van der Waals surface area contributed by atoms with Crippen LogP contribution in [-0.4, -0.2) is 29.3 Å². The van der Waals surface area contributed by atoms with E-state index in [1.807, 2.05) is 12.3 Å². The molecular weight excluding hydrogens is 242 g/mol. The van der Waals surface area contributed by atoms with Gasteiger partial charge in [-0.2, -0.15) is 0 Å². The van der Waals surface area contributed by atoms with Crippen LogP contribution < -0.4 is 0 Å². The quantitative estimate of drug-likeness (QED) is 0.906. The summed E-state index contributed by atoms with van der Waals surface area (Å²) in [6, 6.07) is 4.09. The molecule has 2 fully saturated rings. The van der Waals surface area contributed by atoms with Crippen LogP contribution >= 0.6 is 0 Å². The third-order valence-electron chi connectivity index (χ3n) is 4.81. The normalized spacial score (nSPS) is 29.5. The number of nitrogens with zero attached hydrogens (tertiary/aromatic N) is 1. The van der Waals surface area contributed by atoms with E-state index >= 15 is 0 Å². The molecule has 0 radical (unpaired) electrons. The zero-order chi connectivity index (χ0) is 13.3. The van der Waals surface area contributed by atoms with Gasteiger partial charge in [0, 0.05) is 17.8 Å². The molecule has 3 rings (SSSR count). The van der Waals surface area contributed by atoms with E-state index in [2.05, 4.69) is 11.1 Å². The summed E-state index contributed by atoms with van der Waals surface area (Å²) in [6.07, 6.45) is 7.28. The standard InChI is InChI=1S/C15H19NO3/c17-14(18)11-3-5-12(6-4-11)15(9-19-10-15)13-2-1-7-16-8-13/h1-2,7-8,11-12H,3-6,9-10H2,(H,17,18). The molecule has 0 bridgehead atoms. The van der Waals surface area contributed by atoms with Crippen molar-refractivity contribution in [3.63, 3.8) is 0 Å². The molecule has 0 atom stereocenters. The summed E-state index contributed by atoms with van der Waals surface area (Å²) in [7, 11) is 0. The summed E-state index contributed by atoms with van der Waals surface area (Å²) in [5.41, 5.74) is 1.33. The van der Waals surface area contributed by atoms with Gasteiger partial charge in [0.2, 0.25) is 0 Å². The molecule has 1 aromatic rings. The van der Waals surface area contributed by atoms with E-state index in [0.717, 1.165) is 38.9 Å². The van der Waals surface area contributed by atoms with Gasteiger partial charge in [0.15, 0.2) is 0 Å². The molecule has 19 heavy (non-hydrogen) atoms. The SMILES string of the molecule is O=C(O)C1CCC(C2(c3cccnc3)COC2)CC1. The Bertz CT molecular complexity index is 448. The van der Waals surface area contributed by atoms with Gasteiger partial charge in [-0.3, -0.25) is 9.78 Å². The summed E-state index contributed by atoms with van der Waals surface area (Å²) in [5, 5.41) is 9.08. The van der Waals surface area contributed by atoms with Crippen LogP contribution in [0.2, 0.25) is 0 Å². The van der Waals surface area contributed by atoms with Crippen LogP contribution in [0.1, 0.15) is 31.2 Å². The zero-order valence-electron chi connectivity index (χ0n) is 10.9. The number of aromatic nitrogens is 1. The predicted octanol–water partition coefficient (Wildman–Crippen LogP) is 2.24. The lowest BCUT2D eigenvalue weighted by atomic mass is 9.63. The van der Waals surface area contributed by atoms with E-state index in [0.29, 0.717) is 5.92 Å². The summed E-state index contributed by atoms with van der Waals surface area (Å²) >= 11 is 0. The van der Waals surface area contributed by atoms with Gasteiger partial charge in [-0.15, -0.1) is 0 Å². The fourth-order valence-corrected chi connectivity index (χ4v) is 3.51. The van der Waals surface area contributed by atoms with Gasteiger partial charge in [-0.05, 0) is 43.2 Å². The number of carboxylic acids is 1. The lowest BCUT2D eigenvalue weighted by Crippen LogP contribution is -2.53. The van der Waals surface area contributed by atoms with E-state index < -0.39 is 5.97 Å². The maximum Gasteiger partial charge on any atom is 0.306 e. The van der Waals surface area contributed by atoms with Crippen molar-refractivity contribution in [1.82, 2.24) is 4.98 Å². The molecule has 1 aromatic heterocycles. The van der Waals surface area contributed by atoms with Gasteiger partial charge in [0.05, 0.1) is 19.1 Å². The molecule has 1 saturated heterocycles. The molecule has 0 spiro atoms. The van der Waals surface area contributed by atoms with Crippen LogP contribution in [0.15, 0.2) is 24.5 Å². The molecule has 0 aromatic carbocycles. The molecule has 1 saturated carbocycles. The Labute approximate surface area is 112 Å². The van der Waals surface area contributed by atoms with Crippen molar-refractivity contribution in [1.29, 1.82) is 0 Å². The Kier molecular flexibility index (Phi) is 3.27. The number of carboxylic acid groups (broad SMARTS) is 1. The number of rotatable bonds is 3. The number of pyridine rings is 1. The van der Waals surface area contributed by atoms with Crippen LogP contribution in [0.5, 0.6) is 0 Å². The molecule has 2 heterocycles. The first-order chi connectivity index (χ1) is 9.22. The molecule has 4 nitrogen and oxygen atoms in total. The predicted molar refractivity (Wildman–Crippen MR) is 69.8 cm³/mol. The maximum atomic E-state index is 11.0. The first-order valence-corrected chi connectivity index (χ1v) is 6.93. The Morgan fingerprint density at radius 2 is 2.05 bits per heavy atom. The molecule has 102 valence electrons. The smallest absolute Gasteiger partial charge is 0.306 e. The second kappa shape index (κ2) is 4.93. The molecule has 2 aliphatic rings. The number of hydrogen-bond acceptors (Lipinski definition) is 3. The Balaban J connectivity index is 1.76. The largest absolute Gasteiger partial charge is 0.481 e. The highest BCUT2D eigenvalue weighted by Crippen LogP contribution is 2.46. The fraction of sp³-hybridized carbons (Fsp3) is 0.600. The highest BCUT2D eigenvalue weighted by Gasteiger charge is 2.48. The van der Waals surface area contributed by atoms with Crippen molar-refractivity contribution in [3.05, 3.63) is 30.1 Å². The summed E-state index contributed by atoms with van der Waals surface area (Å²) in [6.45, 7) is 1.50. The van der Waals surface area contributed by atoms with Gasteiger partial charge in [-0.25, -0.2) is 0 Å². The Morgan fingerprint density at radius 3 is 2.53 bits per heavy atom. The van der Waals surface area contributed by atoms with Crippen molar-refractivity contribution < 1.29 is 14.6 Å². The van der Waals surface area contributed by atoms with Gasteiger partial charge < -0.3 is 9.84 Å². The average Bonchev–Trinajstić information content (AvgIpc) is 2.39. The summed E-state index contributed by atoms with van der Waals surface area (Å²) in [4.78, 5) is 15.3. The maximum absolute atomic E-state index is 11.0. The lowest BCUT2D eigenvalue weighted by Gasteiger charge is -2.49. The van der Waals surface area contributed by atoms with Gasteiger partial charge in [-0.1, -0.05) is 6.07 Å². The molecule has 4 heteroatoms. The minimum absolute atomic E-state index is 0.0811. The topological polar surface area (TPSA) is 59.4 Å². The van der Waals surface area contributed by atoms with E-state index in [9.17, 15) is 4.79 Å². The molecular formula is C15H19NO3. The molecule has 1 N–H and O–H groups in total. The van der Waals surface area contributed by atoms with Gasteiger partial charge in [0.1, 0.15) is 0 Å². The van der Waals surface area contributed by atoms with Crippen LogP contribution in [0.4, 0.5) is 0 Å². The van der Waals surface area contributed by atoms with Crippen LogP contribution in [-0.2, 0) is 14.9 Å². The molecule has 0 amide bonds. The Hall–Kier alpha value is -1.42. The van der Waals surface area contributed by atoms with Crippen molar-refractivity contribution >= 4 is 5.97 Å². The van der Waals surface area contributed by atoms with Crippen LogP contribution in [0.25, 0.3) is 0 Å². The van der Waals surface area contributed by atoms with E-state index in [4.69, 9.17) is 9.84 Å². The summed E-state index contributed by atoms with van der Waals surface area (Å²) < 4.78 is 5.48. The molecule has 0 unspecified atom stereocenters. The Morgan fingerprint density at radius 1 is 1.32 bits per heavy atom. The second-order valence-corrected chi connectivity index (χ2v) is 5.78. The fourth-order valence-electron chi connectivity index (χ4n) is 3.51. The first kappa shape index (κ1) is 12.6. The van der Waals surface area contributed by atoms with E-state index in [-0.39, 0.29) is 11.3 Å². The number of hydrogen-bond donors (Lipinski definition) is 1. The van der Waals surface area contributed by atoms with E-state index in [1.54, 1.807) is 6.20 Å². The number of carbonyl (C=O) groups is 1. The monoisotopic (exact) mass is 261 g/mol. The van der Waals surface area contributed by atoms with Crippen molar-refractivity contribution in [2.45, 2.75) is 31.1 Å². The van der Waals surface area contributed by atoms with Gasteiger partial charge >= 0.3 is 5.97 Å². The van der Waals surface area contributed by atoms with Crippen molar-refractivity contribution in [2.75, 3.05) is 13.2 Å². The summed E-state index contributed by atoms with van der Waals surface area (Å²) in [5.74, 6) is -0.261. The zero-order valence-corrected chi connectivity index (χ0v) is 10.9. The van der Waals surface area contributed by atoms with Crippen molar-refractivity contribution in [2.24, 2.45) is 11.8 Å². The third-order valence-corrected chi connectivity index (χ3v) is 4.81. The first-order valence-electron chi connectivity index (χ1n) is 6.93. The second-order valence-electron chi connectivity index (χ2n) is 5.78. The highest BCUT2D eigenvalue weighted by molar-refractivity contribution is 5.70. The number of ether oxygens (including phenoxy) is 1. The van der Waals surface area contributed by atoms with Crippen molar-refractivity contribution in [3.8, 4) is 0 Å². The minimum atomic E-state index is -0.640. The minimum Gasteiger partial charge on any atom is -0.481 e. The third kappa shape index (κ3) is 2.14. The number of aliphatic carboxylic acids is 1. The average molecular weight is 261 g/mol. The van der Waals surface area contributed by atoms with Crippen LogP contribution in [0, 0.1) is 11.8 Å². The molecule has 1 aliphatic carbocycles.